The van der Waals surface area contributed by atoms with Crippen LogP contribution in [0.15, 0.2) is 59.8 Å². The molecule has 0 bridgehead atoms. The second-order valence-electron chi connectivity index (χ2n) is 6.91. The van der Waals surface area contributed by atoms with Crippen LogP contribution in [0, 0.1) is 5.92 Å². The molecule has 0 amide bonds. The normalized spacial score (nSPS) is 14.4. The zero-order valence-corrected chi connectivity index (χ0v) is 18.4. The zero-order chi connectivity index (χ0) is 21.3. The fraction of sp³-hybridized carbons (Fsp3) is 0.333. The van der Waals surface area contributed by atoms with Crippen molar-refractivity contribution in [1.29, 1.82) is 0 Å². The van der Waals surface area contributed by atoms with E-state index in [0.717, 1.165) is 33.4 Å². The van der Waals surface area contributed by atoms with Crippen molar-refractivity contribution in [3.05, 3.63) is 65.9 Å². The molecule has 0 atom stereocenters. The number of carbonyl (C=O) groups is 1. The first-order valence-corrected chi connectivity index (χ1v) is 11.0. The Morgan fingerprint density at radius 3 is 2.50 bits per heavy atom. The van der Waals surface area contributed by atoms with Gasteiger partial charge in [0.2, 0.25) is 0 Å². The number of hydrogen-bond acceptors (Lipinski definition) is 6. The Labute approximate surface area is 182 Å². The third-order valence-electron chi connectivity index (χ3n) is 4.63. The second-order valence-corrected chi connectivity index (χ2v) is 7.91. The number of ether oxygens (including phenoxy) is 3. The smallest absolute Gasteiger partial charge is 0.311 e. The van der Waals surface area contributed by atoms with Crippen molar-refractivity contribution >= 4 is 34.2 Å². The van der Waals surface area contributed by atoms with Crippen molar-refractivity contribution in [2.45, 2.75) is 31.9 Å². The van der Waals surface area contributed by atoms with Crippen LogP contribution in [-0.4, -0.2) is 25.2 Å². The summed E-state index contributed by atoms with van der Waals surface area (Å²) in [6.45, 7) is 1.77. The molecule has 1 aliphatic carbocycles. The topological polar surface area (TPSA) is 57.1 Å². The molecular formula is C24H27NO4S. The molecule has 0 aliphatic heterocycles. The molecule has 1 saturated carbocycles. The number of methoxy groups -OCH3 is 2. The van der Waals surface area contributed by atoms with Gasteiger partial charge in [-0.2, -0.15) is 0 Å². The fourth-order valence-corrected chi connectivity index (χ4v) is 4.03. The second kappa shape index (κ2) is 10.9. The monoisotopic (exact) mass is 425 g/mol. The molecule has 5 nitrogen and oxygen atoms in total. The van der Waals surface area contributed by atoms with Gasteiger partial charge in [-0.1, -0.05) is 31.2 Å². The molecule has 0 N–H and O–H groups in total. The van der Waals surface area contributed by atoms with Gasteiger partial charge in [-0.15, -0.1) is 11.8 Å². The van der Waals surface area contributed by atoms with Gasteiger partial charge in [-0.3, -0.25) is 4.79 Å². The minimum Gasteiger partial charge on any atom is -0.500 e. The van der Waals surface area contributed by atoms with E-state index in [-0.39, 0.29) is 5.97 Å². The molecule has 2 aromatic carbocycles. The maximum Gasteiger partial charge on any atom is 0.311 e. The summed E-state index contributed by atoms with van der Waals surface area (Å²) in [5.74, 6) is 2.21. The molecule has 0 saturated heterocycles. The number of carbonyl (C=O) groups excluding carboxylic acids is 1. The van der Waals surface area contributed by atoms with Crippen molar-refractivity contribution in [1.82, 2.24) is 0 Å². The molecule has 1 fully saturated rings. The average molecular weight is 426 g/mol. The Balaban J connectivity index is 1.79. The molecule has 1 aliphatic rings. The van der Waals surface area contributed by atoms with Crippen LogP contribution in [-0.2, 0) is 20.0 Å². The molecule has 158 valence electrons. The highest BCUT2D eigenvalue weighted by Crippen LogP contribution is 2.38. The maximum absolute atomic E-state index is 11.8. The van der Waals surface area contributed by atoms with Crippen LogP contribution in [0.5, 0.6) is 5.75 Å². The van der Waals surface area contributed by atoms with Gasteiger partial charge in [-0.05, 0) is 42.7 Å². The highest BCUT2D eigenvalue weighted by atomic mass is 32.2. The van der Waals surface area contributed by atoms with Gasteiger partial charge in [0.25, 0.3) is 0 Å². The lowest BCUT2D eigenvalue weighted by molar-refractivity contribution is -0.136. The highest BCUT2D eigenvalue weighted by Gasteiger charge is 2.28. The molecule has 3 rings (SSSR count). The zero-order valence-electron chi connectivity index (χ0n) is 17.6. The summed E-state index contributed by atoms with van der Waals surface area (Å²) in [6, 6.07) is 15.7. The van der Waals surface area contributed by atoms with Crippen molar-refractivity contribution in [3.63, 3.8) is 0 Å². The summed E-state index contributed by atoms with van der Waals surface area (Å²) in [4.78, 5) is 16.7. The van der Waals surface area contributed by atoms with Gasteiger partial charge in [-0.25, -0.2) is 4.99 Å². The van der Waals surface area contributed by atoms with Crippen molar-refractivity contribution in [2.75, 3.05) is 14.2 Å². The van der Waals surface area contributed by atoms with Crippen LogP contribution < -0.4 is 4.74 Å². The van der Waals surface area contributed by atoms with Crippen LogP contribution in [0.2, 0.25) is 0 Å². The summed E-state index contributed by atoms with van der Waals surface area (Å²) in [6.07, 6.45) is 4.13. The molecule has 0 unspecified atom stereocenters. The number of thioether (sulfide) groups is 1. The molecule has 0 radical (unpaired) electrons. The summed E-state index contributed by atoms with van der Waals surface area (Å²) in [7, 11) is 3.20. The van der Waals surface area contributed by atoms with E-state index in [4.69, 9.17) is 19.2 Å². The number of aliphatic imine (C=N–C) groups is 1. The van der Waals surface area contributed by atoms with Crippen molar-refractivity contribution < 1.29 is 19.0 Å². The van der Waals surface area contributed by atoms with E-state index < -0.39 is 0 Å². The van der Waals surface area contributed by atoms with Crippen LogP contribution in [0.25, 0.3) is 5.76 Å². The van der Waals surface area contributed by atoms with E-state index in [0.29, 0.717) is 18.1 Å². The molecule has 2 aromatic rings. The summed E-state index contributed by atoms with van der Waals surface area (Å²) in [5, 5.41) is 1.14. The van der Waals surface area contributed by atoms with E-state index in [1.54, 1.807) is 32.9 Å². The lowest BCUT2D eigenvalue weighted by Crippen LogP contribution is -2.05. The third-order valence-corrected chi connectivity index (χ3v) is 5.81. The average Bonchev–Trinajstić information content (AvgIpc) is 3.62. The molecule has 0 aromatic heterocycles. The van der Waals surface area contributed by atoms with Crippen LogP contribution in [0.3, 0.4) is 0 Å². The van der Waals surface area contributed by atoms with Crippen LogP contribution in [0.4, 0.5) is 5.69 Å². The van der Waals surface area contributed by atoms with E-state index in [2.05, 4.69) is 0 Å². The van der Waals surface area contributed by atoms with E-state index >= 15 is 0 Å². The SMILES string of the molecule is CCC(=O)O/C(=C\OC)c1ccccc1CSC(=Nc1ccc(OC)cc1)C1CC1. The number of nitrogens with zero attached hydrogens (tertiary/aromatic N) is 1. The highest BCUT2D eigenvalue weighted by molar-refractivity contribution is 8.13. The number of benzene rings is 2. The Morgan fingerprint density at radius 1 is 1.13 bits per heavy atom. The van der Waals surface area contributed by atoms with Crippen LogP contribution in [0.1, 0.15) is 37.3 Å². The first-order valence-electron chi connectivity index (χ1n) is 10.0. The van der Waals surface area contributed by atoms with E-state index in [9.17, 15) is 4.79 Å². The summed E-state index contributed by atoms with van der Waals surface area (Å²) >= 11 is 1.73. The number of esters is 1. The first-order chi connectivity index (χ1) is 14.6. The van der Waals surface area contributed by atoms with E-state index in [1.807, 2.05) is 48.5 Å². The lowest BCUT2D eigenvalue weighted by atomic mass is 10.1. The number of hydrogen-bond donors (Lipinski definition) is 0. The summed E-state index contributed by atoms with van der Waals surface area (Å²) in [5.41, 5.74) is 2.85. The largest absolute Gasteiger partial charge is 0.500 e. The first kappa shape index (κ1) is 22.0. The van der Waals surface area contributed by atoms with Gasteiger partial charge in [0.15, 0.2) is 5.76 Å². The number of rotatable bonds is 9. The predicted molar refractivity (Wildman–Crippen MR) is 122 cm³/mol. The third kappa shape index (κ3) is 6.13. The summed E-state index contributed by atoms with van der Waals surface area (Å²) < 4.78 is 15.9. The fourth-order valence-electron chi connectivity index (χ4n) is 2.84. The van der Waals surface area contributed by atoms with Gasteiger partial charge in [0.1, 0.15) is 12.0 Å². The Bertz CT molecular complexity index is 917. The van der Waals surface area contributed by atoms with Gasteiger partial charge < -0.3 is 14.2 Å². The van der Waals surface area contributed by atoms with Crippen molar-refractivity contribution in [2.24, 2.45) is 10.9 Å². The standard InChI is InChI=1S/C24H27NO4S/c1-4-23(26)29-22(15-27-2)21-8-6-5-7-18(21)16-30-24(17-9-10-17)25-19-11-13-20(28-3)14-12-19/h5-8,11-15,17H,4,9-10,16H2,1-3H3/b22-15-,25-24?. The van der Waals surface area contributed by atoms with Gasteiger partial charge in [0, 0.05) is 23.7 Å². The lowest BCUT2D eigenvalue weighted by Gasteiger charge is -2.13. The maximum atomic E-state index is 11.8. The quantitative estimate of drug-likeness (QED) is 0.214. The predicted octanol–water partition coefficient (Wildman–Crippen LogP) is 5.97. The Morgan fingerprint density at radius 2 is 1.87 bits per heavy atom. The Hall–Kier alpha value is -2.73. The van der Waals surface area contributed by atoms with Gasteiger partial charge in [0.05, 0.1) is 25.0 Å². The van der Waals surface area contributed by atoms with Crippen molar-refractivity contribution in [3.8, 4) is 5.75 Å². The minimum atomic E-state index is -0.291. The minimum absolute atomic E-state index is 0.291. The molecule has 6 heteroatoms. The molecule has 0 spiro atoms. The van der Waals surface area contributed by atoms with Crippen LogP contribution >= 0.6 is 11.8 Å². The van der Waals surface area contributed by atoms with Gasteiger partial charge >= 0.3 is 5.97 Å². The molecule has 30 heavy (non-hydrogen) atoms. The molecule has 0 heterocycles. The van der Waals surface area contributed by atoms with E-state index in [1.165, 1.54) is 19.1 Å². The molecular weight excluding hydrogens is 398 g/mol. The Kier molecular flexibility index (Phi) is 7.97.